The number of hydrogen-bond acceptors (Lipinski definition) is 5. The van der Waals surface area contributed by atoms with Gasteiger partial charge in [-0.15, -0.1) is 0 Å². The van der Waals surface area contributed by atoms with E-state index < -0.39 is 18.1 Å². The van der Waals surface area contributed by atoms with E-state index in [-0.39, 0.29) is 18.9 Å². The summed E-state index contributed by atoms with van der Waals surface area (Å²) in [6.45, 7) is 1.91. The highest BCUT2D eigenvalue weighted by molar-refractivity contribution is 5.81. The number of amides is 1. The van der Waals surface area contributed by atoms with Gasteiger partial charge in [0.15, 0.2) is 0 Å². The molecule has 0 bridgehead atoms. The number of alkyl carbamates (subject to hydrolysis) is 1. The average molecular weight is 403 g/mol. The van der Waals surface area contributed by atoms with Crippen molar-refractivity contribution in [3.8, 4) is 11.1 Å². The third-order valence-electron chi connectivity index (χ3n) is 5.20. The highest BCUT2D eigenvalue weighted by atomic mass is 16.5. The van der Waals surface area contributed by atoms with Crippen LogP contribution in [0.1, 0.15) is 28.4 Å². The third kappa shape index (κ3) is 4.00. The van der Waals surface area contributed by atoms with Crippen LogP contribution in [-0.4, -0.2) is 40.0 Å². The molecule has 7 nitrogen and oxygen atoms in total. The first-order valence-corrected chi connectivity index (χ1v) is 9.66. The second-order valence-corrected chi connectivity index (χ2v) is 7.23. The van der Waals surface area contributed by atoms with E-state index in [1.54, 1.807) is 19.1 Å². The van der Waals surface area contributed by atoms with Gasteiger partial charge in [0.05, 0.1) is 11.4 Å². The molecule has 1 amide bonds. The second kappa shape index (κ2) is 8.32. The van der Waals surface area contributed by atoms with Crippen molar-refractivity contribution in [2.45, 2.75) is 25.3 Å². The number of carboxylic acids is 1. The van der Waals surface area contributed by atoms with Crippen LogP contribution in [-0.2, 0) is 16.0 Å². The van der Waals surface area contributed by atoms with E-state index in [4.69, 9.17) is 4.74 Å². The van der Waals surface area contributed by atoms with Crippen LogP contribution in [0.5, 0.6) is 0 Å². The van der Waals surface area contributed by atoms with Crippen molar-refractivity contribution in [1.29, 1.82) is 0 Å². The van der Waals surface area contributed by atoms with Crippen molar-refractivity contribution < 1.29 is 19.4 Å². The summed E-state index contributed by atoms with van der Waals surface area (Å²) in [4.78, 5) is 23.9. The monoisotopic (exact) mass is 403 g/mol. The molecule has 7 heteroatoms. The van der Waals surface area contributed by atoms with Gasteiger partial charge in [0.1, 0.15) is 12.6 Å². The van der Waals surface area contributed by atoms with Gasteiger partial charge in [-0.05, 0) is 41.3 Å². The summed E-state index contributed by atoms with van der Waals surface area (Å²) in [6.07, 6.45) is -0.753. The van der Waals surface area contributed by atoms with Crippen molar-refractivity contribution in [1.82, 2.24) is 15.5 Å². The van der Waals surface area contributed by atoms with Crippen LogP contribution in [0.2, 0.25) is 0 Å². The van der Waals surface area contributed by atoms with Crippen LogP contribution in [0.15, 0.2) is 60.7 Å². The Morgan fingerprint density at radius 2 is 1.63 bits per heavy atom. The number of carboxylic acid groups (broad SMARTS) is 1. The van der Waals surface area contributed by atoms with Gasteiger partial charge in [-0.2, -0.15) is 10.2 Å². The van der Waals surface area contributed by atoms with Gasteiger partial charge in [-0.3, -0.25) is 0 Å². The Hall–Kier alpha value is -3.74. The number of aromatic nitrogens is 2. The molecule has 1 unspecified atom stereocenters. The molecule has 0 saturated heterocycles. The van der Waals surface area contributed by atoms with E-state index in [1.807, 2.05) is 36.4 Å². The highest BCUT2D eigenvalue weighted by Gasteiger charge is 2.29. The van der Waals surface area contributed by atoms with Crippen molar-refractivity contribution in [2.75, 3.05) is 6.61 Å². The zero-order valence-electron chi connectivity index (χ0n) is 16.4. The van der Waals surface area contributed by atoms with Crippen LogP contribution in [0.3, 0.4) is 0 Å². The van der Waals surface area contributed by atoms with E-state index in [1.165, 1.54) is 0 Å². The Morgan fingerprint density at radius 3 is 2.20 bits per heavy atom. The van der Waals surface area contributed by atoms with Crippen LogP contribution < -0.4 is 5.32 Å². The van der Waals surface area contributed by atoms with E-state index >= 15 is 0 Å². The fraction of sp³-hybridized carbons (Fsp3) is 0.217. The quantitative estimate of drug-likeness (QED) is 0.655. The molecule has 0 aliphatic heterocycles. The number of aryl methyl sites for hydroxylation is 1. The molecule has 1 heterocycles. The summed E-state index contributed by atoms with van der Waals surface area (Å²) in [6, 6.07) is 18.3. The number of hydrogen-bond donors (Lipinski definition) is 2. The van der Waals surface area contributed by atoms with Gasteiger partial charge in [0, 0.05) is 12.3 Å². The highest BCUT2D eigenvalue weighted by Crippen LogP contribution is 2.44. The largest absolute Gasteiger partial charge is 0.480 e. The maximum Gasteiger partial charge on any atom is 0.407 e. The molecular formula is C23H21N3O4. The molecule has 0 fully saturated rings. The standard InChI is InChI=1S/C23H21N3O4/c1-14-10-11-15(26-25-14)12-21(22(27)28)24-23(29)30-13-20-18-8-4-2-6-16(18)17-7-3-5-9-19(17)20/h2-11,20-21H,12-13H2,1H3,(H,24,29)(H,27,28). The molecule has 1 aromatic heterocycles. The minimum absolute atomic E-state index is 0.0206. The second-order valence-electron chi connectivity index (χ2n) is 7.23. The summed E-state index contributed by atoms with van der Waals surface area (Å²) in [5, 5.41) is 19.8. The van der Waals surface area contributed by atoms with Gasteiger partial charge in [0.2, 0.25) is 0 Å². The lowest BCUT2D eigenvalue weighted by molar-refractivity contribution is -0.139. The number of nitrogens with zero attached hydrogens (tertiary/aromatic N) is 2. The molecule has 4 rings (SSSR count). The normalized spacial score (nSPS) is 13.2. The number of fused-ring (bicyclic) bond motifs is 3. The third-order valence-corrected chi connectivity index (χ3v) is 5.20. The predicted octanol–water partition coefficient (Wildman–Crippen LogP) is 3.32. The maximum absolute atomic E-state index is 12.4. The summed E-state index contributed by atoms with van der Waals surface area (Å²) in [5.41, 5.74) is 5.65. The van der Waals surface area contributed by atoms with E-state index in [0.717, 1.165) is 27.9 Å². The van der Waals surface area contributed by atoms with Crippen LogP contribution in [0.25, 0.3) is 11.1 Å². The van der Waals surface area contributed by atoms with Crippen LogP contribution in [0, 0.1) is 6.92 Å². The van der Waals surface area contributed by atoms with Gasteiger partial charge in [-0.25, -0.2) is 9.59 Å². The first kappa shape index (κ1) is 19.6. The van der Waals surface area contributed by atoms with Crippen LogP contribution in [0.4, 0.5) is 4.79 Å². The summed E-state index contributed by atoms with van der Waals surface area (Å²) < 4.78 is 5.43. The number of benzene rings is 2. The topological polar surface area (TPSA) is 101 Å². The van der Waals surface area contributed by atoms with Gasteiger partial charge < -0.3 is 15.2 Å². The molecule has 1 aliphatic carbocycles. The SMILES string of the molecule is Cc1ccc(CC(NC(=O)OCC2c3ccccc3-c3ccccc32)C(=O)O)nn1. The fourth-order valence-electron chi connectivity index (χ4n) is 3.73. The first-order valence-electron chi connectivity index (χ1n) is 9.66. The lowest BCUT2D eigenvalue weighted by Gasteiger charge is -2.17. The summed E-state index contributed by atoms with van der Waals surface area (Å²) >= 11 is 0. The molecule has 1 aliphatic rings. The zero-order chi connectivity index (χ0) is 21.1. The molecule has 30 heavy (non-hydrogen) atoms. The number of rotatable bonds is 6. The average Bonchev–Trinajstić information content (AvgIpc) is 3.07. The molecule has 2 aromatic carbocycles. The van der Waals surface area contributed by atoms with Gasteiger partial charge in [0.25, 0.3) is 0 Å². The lowest BCUT2D eigenvalue weighted by atomic mass is 9.98. The van der Waals surface area contributed by atoms with E-state index in [9.17, 15) is 14.7 Å². The van der Waals surface area contributed by atoms with Gasteiger partial charge in [-0.1, -0.05) is 48.5 Å². The molecule has 2 N–H and O–H groups in total. The van der Waals surface area contributed by atoms with Crippen molar-refractivity contribution in [3.05, 3.63) is 83.2 Å². The smallest absolute Gasteiger partial charge is 0.407 e. The Kier molecular flexibility index (Phi) is 5.43. The number of ether oxygens (including phenoxy) is 1. The van der Waals surface area contributed by atoms with E-state index in [2.05, 4.69) is 27.6 Å². The van der Waals surface area contributed by atoms with E-state index in [0.29, 0.717) is 5.69 Å². The summed E-state index contributed by atoms with van der Waals surface area (Å²) in [7, 11) is 0. The Balaban J connectivity index is 1.43. The molecular weight excluding hydrogens is 382 g/mol. The maximum atomic E-state index is 12.4. The van der Waals surface area contributed by atoms with Gasteiger partial charge >= 0.3 is 12.1 Å². The Bertz CT molecular complexity index is 1040. The predicted molar refractivity (Wildman–Crippen MR) is 110 cm³/mol. The number of carbonyl (C=O) groups is 2. The number of nitrogens with one attached hydrogen (secondary N) is 1. The summed E-state index contributed by atoms with van der Waals surface area (Å²) in [5.74, 6) is -1.25. The number of aliphatic carboxylic acids is 1. The molecule has 0 spiro atoms. The van der Waals surface area contributed by atoms with Crippen molar-refractivity contribution in [2.24, 2.45) is 0 Å². The minimum atomic E-state index is -1.16. The molecule has 1 atom stereocenters. The minimum Gasteiger partial charge on any atom is -0.480 e. The van der Waals surface area contributed by atoms with Crippen molar-refractivity contribution in [3.63, 3.8) is 0 Å². The molecule has 152 valence electrons. The van der Waals surface area contributed by atoms with Crippen molar-refractivity contribution >= 4 is 12.1 Å². The Morgan fingerprint density at radius 1 is 1.00 bits per heavy atom. The Labute approximate surface area is 173 Å². The number of carbonyl (C=O) groups excluding carboxylic acids is 1. The van der Waals surface area contributed by atoms with Crippen LogP contribution >= 0.6 is 0 Å². The molecule has 0 saturated carbocycles. The molecule has 0 radical (unpaired) electrons. The zero-order valence-corrected chi connectivity index (χ0v) is 16.4. The molecule has 3 aromatic rings. The first-order chi connectivity index (χ1) is 14.5. The fourth-order valence-corrected chi connectivity index (χ4v) is 3.73. The lowest BCUT2D eigenvalue weighted by Crippen LogP contribution is -2.43.